The first kappa shape index (κ1) is 14.2. The Balaban J connectivity index is 1.94. The van der Waals surface area contributed by atoms with Gasteiger partial charge in [0.1, 0.15) is 17.1 Å². The van der Waals surface area contributed by atoms with E-state index in [1.165, 1.54) is 18.2 Å². The maximum atomic E-state index is 11.9. The lowest BCUT2D eigenvalue weighted by Gasteiger charge is -2.08. The van der Waals surface area contributed by atoms with E-state index in [9.17, 15) is 15.0 Å². The molecule has 0 aliphatic heterocycles. The van der Waals surface area contributed by atoms with Gasteiger partial charge in [-0.2, -0.15) is 0 Å². The fourth-order valence-electron chi connectivity index (χ4n) is 1.82. The third-order valence-corrected chi connectivity index (χ3v) is 3.11. The Morgan fingerprint density at radius 1 is 1.05 bits per heavy atom. The molecule has 0 aliphatic carbocycles. The highest BCUT2D eigenvalue weighted by molar-refractivity contribution is 6.30. The van der Waals surface area contributed by atoms with E-state index in [2.05, 4.69) is 5.32 Å². The minimum absolute atomic E-state index is 0.108. The highest BCUT2D eigenvalue weighted by Gasteiger charge is 2.15. The van der Waals surface area contributed by atoms with Crippen LogP contribution in [-0.2, 0) is 6.42 Å². The Hall–Kier alpha value is -2.20. The maximum absolute atomic E-state index is 11.9. The van der Waals surface area contributed by atoms with Crippen molar-refractivity contribution in [1.82, 2.24) is 5.32 Å². The molecule has 2 aromatic rings. The number of hydrogen-bond donors (Lipinski definition) is 3. The highest BCUT2D eigenvalue weighted by Crippen LogP contribution is 2.25. The van der Waals surface area contributed by atoms with Gasteiger partial charge >= 0.3 is 0 Å². The van der Waals surface area contributed by atoms with Gasteiger partial charge in [0.2, 0.25) is 0 Å². The zero-order chi connectivity index (χ0) is 14.5. The van der Waals surface area contributed by atoms with Crippen LogP contribution in [-0.4, -0.2) is 22.7 Å². The van der Waals surface area contributed by atoms with Crippen molar-refractivity contribution in [1.29, 1.82) is 0 Å². The number of benzene rings is 2. The quantitative estimate of drug-likeness (QED) is 0.811. The van der Waals surface area contributed by atoms with E-state index in [0.29, 0.717) is 18.0 Å². The molecule has 2 rings (SSSR count). The first-order chi connectivity index (χ1) is 9.58. The van der Waals surface area contributed by atoms with Gasteiger partial charge in [-0.05, 0) is 36.2 Å². The summed E-state index contributed by atoms with van der Waals surface area (Å²) in [6.45, 7) is 0.397. The third-order valence-electron chi connectivity index (χ3n) is 2.86. The molecule has 0 aliphatic rings. The summed E-state index contributed by atoms with van der Waals surface area (Å²) in [6, 6.07) is 11.5. The Kier molecular flexibility index (Phi) is 4.48. The molecule has 0 atom stereocenters. The van der Waals surface area contributed by atoms with Crippen LogP contribution in [0.5, 0.6) is 11.5 Å². The summed E-state index contributed by atoms with van der Waals surface area (Å²) in [5, 5.41) is 22.5. The largest absolute Gasteiger partial charge is 0.507 e. The molecule has 2 aromatic carbocycles. The topological polar surface area (TPSA) is 69.6 Å². The minimum atomic E-state index is -0.505. The van der Waals surface area contributed by atoms with Crippen LogP contribution >= 0.6 is 11.6 Å². The van der Waals surface area contributed by atoms with Crippen LogP contribution in [0.15, 0.2) is 42.5 Å². The summed E-state index contributed by atoms with van der Waals surface area (Å²) in [6.07, 6.45) is 0.636. The molecule has 0 saturated heterocycles. The lowest BCUT2D eigenvalue weighted by molar-refractivity contribution is 0.0948. The SMILES string of the molecule is O=C(NCCc1ccc(Cl)cc1)c1c(O)cccc1O. The first-order valence-electron chi connectivity index (χ1n) is 6.11. The summed E-state index contributed by atoms with van der Waals surface area (Å²) in [5.74, 6) is -0.988. The van der Waals surface area contributed by atoms with Gasteiger partial charge in [0.15, 0.2) is 0 Å². The van der Waals surface area contributed by atoms with Crippen molar-refractivity contribution < 1.29 is 15.0 Å². The predicted molar refractivity (Wildman–Crippen MR) is 77.3 cm³/mol. The summed E-state index contributed by atoms with van der Waals surface area (Å²) in [7, 11) is 0. The van der Waals surface area contributed by atoms with Crippen LogP contribution in [0.4, 0.5) is 0 Å². The second-order valence-electron chi connectivity index (χ2n) is 4.30. The molecule has 0 saturated carbocycles. The highest BCUT2D eigenvalue weighted by atomic mass is 35.5. The van der Waals surface area contributed by atoms with Crippen molar-refractivity contribution in [2.75, 3.05) is 6.54 Å². The van der Waals surface area contributed by atoms with E-state index in [4.69, 9.17) is 11.6 Å². The molecular weight excluding hydrogens is 278 g/mol. The summed E-state index contributed by atoms with van der Waals surface area (Å²) in [5.41, 5.74) is 0.930. The van der Waals surface area contributed by atoms with Crippen molar-refractivity contribution in [3.8, 4) is 11.5 Å². The monoisotopic (exact) mass is 291 g/mol. The molecule has 3 N–H and O–H groups in total. The first-order valence-corrected chi connectivity index (χ1v) is 6.49. The van der Waals surface area contributed by atoms with Crippen molar-refractivity contribution >= 4 is 17.5 Å². The molecule has 4 nitrogen and oxygen atoms in total. The van der Waals surface area contributed by atoms with Crippen molar-refractivity contribution in [3.05, 3.63) is 58.6 Å². The van der Waals surface area contributed by atoms with E-state index in [1.807, 2.05) is 12.1 Å². The Bertz CT molecular complexity index is 591. The molecule has 5 heteroatoms. The van der Waals surface area contributed by atoms with Crippen LogP contribution in [0.3, 0.4) is 0 Å². The molecule has 0 unspecified atom stereocenters. The number of carbonyl (C=O) groups is 1. The standard InChI is InChI=1S/C15H14ClNO3/c16-11-6-4-10(5-7-11)8-9-17-15(20)14-12(18)2-1-3-13(14)19/h1-7,18-19H,8-9H2,(H,17,20). The molecule has 0 spiro atoms. The number of phenolic OH excluding ortho intramolecular Hbond substituents is 2. The molecule has 104 valence electrons. The number of carbonyl (C=O) groups excluding carboxylic acids is 1. The maximum Gasteiger partial charge on any atom is 0.258 e. The number of halogens is 1. The van der Waals surface area contributed by atoms with E-state index < -0.39 is 5.91 Å². The van der Waals surface area contributed by atoms with Gasteiger partial charge in [-0.3, -0.25) is 4.79 Å². The summed E-state index contributed by atoms with van der Waals surface area (Å²) >= 11 is 5.79. The number of aromatic hydroxyl groups is 2. The molecule has 20 heavy (non-hydrogen) atoms. The zero-order valence-electron chi connectivity index (χ0n) is 10.6. The van der Waals surface area contributed by atoms with Crippen LogP contribution in [0, 0.1) is 0 Å². The van der Waals surface area contributed by atoms with Gasteiger partial charge < -0.3 is 15.5 Å². The van der Waals surface area contributed by atoms with E-state index >= 15 is 0 Å². The second-order valence-corrected chi connectivity index (χ2v) is 4.74. The average Bonchev–Trinajstić information content (AvgIpc) is 2.41. The Morgan fingerprint density at radius 2 is 1.65 bits per heavy atom. The van der Waals surface area contributed by atoms with Crippen LogP contribution < -0.4 is 5.32 Å². The Labute approximate surface area is 121 Å². The third kappa shape index (κ3) is 3.42. The molecule has 0 aromatic heterocycles. The van der Waals surface area contributed by atoms with Crippen LogP contribution in [0.25, 0.3) is 0 Å². The smallest absolute Gasteiger partial charge is 0.258 e. The molecule has 1 amide bonds. The van der Waals surface area contributed by atoms with Gasteiger partial charge in [0, 0.05) is 11.6 Å². The van der Waals surface area contributed by atoms with Crippen molar-refractivity contribution in [3.63, 3.8) is 0 Å². The van der Waals surface area contributed by atoms with Gasteiger partial charge in [-0.25, -0.2) is 0 Å². The summed E-state index contributed by atoms with van der Waals surface area (Å²) < 4.78 is 0. The van der Waals surface area contributed by atoms with E-state index in [1.54, 1.807) is 12.1 Å². The average molecular weight is 292 g/mol. The predicted octanol–water partition coefficient (Wildman–Crippen LogP) is 2.72. The zero-order valence-corrected chi connectivity index (χ0v) is 11.4. The fourth-order valence-corrected chi connectivity index (χ4v) is 1.95. The number of amides is 1. The van der Waals surface area contributed by atoms with E-state index in [-0.39, 0.29) is 17.1 Å². The van der Waals surface area contributed by atoms with Gasteiger partial charge in [-0.15, -0.1) is 0 Å². The lowest BCUT2D eigenvalue weighted by Crippen LogP contribution is -2.25. The summed E-state index contributed by atoms with van der Waals surface area (Å²) in [4.78, 5) is 11.9. The van der Waals surface area contributed by atoms with Gasteiger partial charge in [-0.1, -0.05) is 29.8 Å². The second kappa shape index (κ2) is 6.30. The van der Waals surface area contributed by atoms with Crippen molar-refractivity contribution in [2.24, 2.45) is 0 Å². The molecule has 0 radical (unpaired) electrons. The number of phenols is 2. The molecular formula is C15H14ClNO3. The normalized spacial score (nSPS) is 10.2. The fraction of sp³-hybridized carbons (Fsp3) is 0.133. The van der Waals surface area contributed by atoms with Crippen LogP contribution in [0.1, 0.15) is 15.9 Å². The van der Waals surface area contributed by atoms with E-state index in [0.717, 1.165) is 5.56 Å². The Morgan fingerprint density at radius 3 is 2.25 bits per heavy atom. The number of rotatable bonds is 4. The molecule has 0 fully saturated rings. The van der Waals surface area contributed by atoms with Crippen molar-refractivity contribution in [2.45, 2.75) is 6.42 Å². The lowest BCUT2D eigenvalue weighted by atomic mass is 10.1. The van der Waals surface area contributed by atoms with Gasteiger partial charge in [0.25, 0.3) is 5.91 Å². The number of nitrogens with one attached hydrogen (secondary N) is 1. The molecule has 0 heterocycles. The van der Waals surface area contributed by atoms with Crippen LogP contribution in [0.2, 0.25) is 5.02 Å². The minimum Gasteiger partial charge on any atom is -0.507 e. The number of hydrogen-bond acceptors (Lipinski definition) is 3. The molecule has 0 bridgehead atoms. The van der Waals surface area contributed by atoms with Gasteiger partial charge in [0.05, 0.1) is 0 Å².